The monoisotopic (exact) mass is 370 g/mol. The number of aromatic nitrogens is 3. The van der Waals surface area contributed by atoms with Crippen LogP contribution >= 0.6 is 0 Å². The average molecular weight is 370 g/mol. The second-order valence-electron chi connectivity index (χ2n) is 5.68. The van der Waals surface area contributed by atoms with Crippen molar-refractivity contribution in [1.82, 2.24) is 20.5 Å². The van der Waals surface area contributed by atoms with E-state index in [0.717, 1.165) is 11.3 Å². The molecule has 0 aliphatic heterocycles. The van der Waals surface area contributed by atoms with Crippen LogP contribution in [0.2, 0.25) is 0 Å². The van der Waals surface area contributed by atoms with Crippen molar-refractivity contribution in [3.8, 4) is 22.9 Å². The lowest BCUT2D eigenvalue weighted by molar-refractivity contribution is -0.123. The Bertz CT molecular complexity index is 879. The van der Waals surface area contributed by atoms with Gasteiger partial charge in [-0.25, -0.2) is 9.37 Å². The maximum absolute atomic E-state index is 12.8. The molecule has 0 fully saturated rings. The molecule has 1 aromatic heterocycles. The molecule has 0 aliphatic carbocycles. The molecule has 1 heterocycles. The van der Waals surface area contributed by atoms with Crippen molar-refractivity contribution in [2.75, 3.05) is 20.3 Å². The van der Waals surface area contributed by atoms with Crippen LogP contribution in [0.25, 0.3) is 11.4 Å². The van der Waals surface area contributed by atoms with E-state index in [9.17, 15) is 9.18 Å². The Morgan fingerprint density at radius 2 is 1.81 bits per heavy atom. The van der Waals surface area contributed by atoms with Crippen LogP contribution in [0.4, 0.5) is 4.39 Å². The highest BCUT2D eigenvalue weighted by Crippen LogP contribution is 2.18. The molecular weight excluding hydrogens is 351 g/mol. The van der Waals surface area contributed by atoms with Gasteiger partial charge in [-0.1, -0.05) is 0 Å². The van der Waals surface area contributed by atoms with Crippen LogP contribution < -0.4 is 14.8 Å². The van der Waals surface area contributed by atoms with Gasteiger partial charge >= 0.3 is 0 Å². The molecule has 0 spiro atoms. The van der Waals surface area contributed by atoms with Gasteiger partial charge in [0.15, 0.2) is 12.4 Å². The van der Waals surface area contributed by atoms with Gasteiger partial charge in [-0.2, -0.15) is 5.10 Å². The number of hydrogen-bond acceptors (Lipinski definition) is 5. The van der Waals surface area contributed by atoms with Gasteiger partial charge in [0.2, 0.25) is 0 Å². The summed E-state index contributed by atoms with van der Waals surface area (Å²) in [6.45, 7) is 0.252. The van der Waals surface area contributed by atoms with Gasteiger partial charge in [-0.3, -0.25) is 9.89 Å². The van der Waals surface area contributed by atoms with E-state index < -0.39 is 0 Å². The van der Waals surface area contributed by atoms with Gasteiger partial charge in [0, 0.05) is 18.5 Å². The van der Waals surface area contributed by atoms with Crippen molar-refractivity contribution in [3.05, 3.63) is 60.2 Å². The second kappa shape index (κ2) is 8.79. The SMILES string of the molecule is COc1ccc(-c2n[nH]c(CCNC(=O)COc3ccc(F)cc3)n2)cc1. The number of carbonyl (C=O) groups excluding carboxylic acids is 1. The van der Waals surface area contributed by atoms with E-state index in [0.29, 0.717) is 30.4 Å². The number of ether oxygens (including phenoxy) is 2. The Labute approximate surface area is 155 Å². The van der Waals surface area contributed by atoms with Crippen LogP contribution in [-0.2, 0) is 11.2 Å². The summed E-state index contributed by atoms with van der Waals surface area (Å²) in [5, 5.41) is 9.77. The summed E-state index contributed by atoms with van der Waals surface area (Å²) in [7, 11) is 1.61. The minimum Gasteiger partial charge on any atom is -0.497 e. The zero-order chi connectivity index (χ0) is 19.1. The van der Waals surface area contributed by atoms with Crippen LogP contribution in [0.15, 0.2) is 48.5 Å². The van der Waals surface area contributed by atoms with Gasteiger partial charge in [-0.05, 0) is 48.5 Å². The fourth-order valence-electron chi connectivity index (χ4n) is 2.33. The van der Waals surface area contributed by atoms with Crippen molar-refractivity contribution in [2.24, 2.45) is 0 Å². The summed E-state index contributed by atoms with van der Waals surface area (Å²) in [5.41, 5.74) is 0.870. The van der Waals surface area contributed by atoms with Crippen LogP contribution in [0.1, 0.15) is 5.82 Å². The molecule has 0 radical (unpaired) electrons. The summed E-state index contributed by atoms with van der Waals surface area (Å²) < 4.78 is 23.2. The van der Waals surface area contributed by atoms with Gasteiger partial charge in [0.1, 0.15) is 23.1 Å². The van der Waals surface area contributed by atoms with Crippen LogP contribution in [0, 0.1) is 5.82 Å². The number of nitrogens with one attached hydrogen (secondary N) is 2. The van der Waals surface area contributed by atoms with E-state index in [1.165, 1.54) is 24.3 Å². The van der Waals surface area contributed by atoms with E-state index in [4.69, 9.17) is 9.47 Å². The molecule has 7 nitrogen and oxygen atoms in total. The number of hydrogen-bond donors (Lipinski definition) is 2. The number of halogens is 1. The molecule has 2 aromatic carbocycles. The fraction of sp³-hybridized carbons (Fsp3) is 0.211. The van der Waals surface area contributed by atoms with Gasteiger partial charge in [0.05, 0.1) is 7.11 Å². The summed E-state index contributed by atoms with van der Waals surface area (Å²) in [6.07, 6.45) is 0.505. The van der Waals surface area contributed by atoms with Crippen LogP contribution in [-0.4, -0.2) is 41.3 Å². The molecule has 0 atom stereocenters. The third-order valence-corrected chi connectivity index (χ3v) is 3.75. The average Bonchev–Trinajstić information content (AvgIpc) is 3.16. The topological polar surface area (TPSA) is 89.1 Å². The Balaban J connectivity index is 1.43. The van der Waals surface area contributed by atoms with E-state index in [2.05, 4.69) is 20.5 Å². The minimum atomic E-state index is -0.354. The van der Waals surface area contributed by atoms with E-state index in [1.54, 1.807) is 7.11 Å². The van der Waals surface area contributed by atoms with Crippen molar-refractivity contribution < 1.29 is 18.7 Å². The van der Waals surface area contributed by atoms with Crippen LogP contribution in [0.3, 0.4) is 0 Å². The third kappa shape index (κ3) is 5.27. The van der Waals surface area contributed by atoms with E-state index >= 15 is 0 Å². The quantitative estimate of drug-likeness (QED) is 0.635. The molecule has 27 heavy (non-hydrogen) atoms. The second-order valence-corrected chi connectivity index (χ2v) is 5.68. The standard InChI is InChI=1S/C19H19FN4O3/c1-26-15-6-2-13(3-7-15)19-22-17(23-24-19)10-11-21-18(25)12-27-16-8-4-14(20)5-9-16/h2-9H,10-12H2,1H3,(H,21,25)(H,22,23,24). The Morgan fingerprint density at radius 3 is 2.52 bits per heavy atom. The maximum atomic E-state index is 12.8. The Morgan fingerprint density at radius 1 is 1.11 bits per heavy atom. The van der Waals surface area contributed by atoms with Crippen molar-refractivity contribution >= 4 is 5.91 Å². The molecule has 0 unspecified atom stereocenters. The Hall–Kier alpha value is -3.42. The van der Waals surface area contributed by atoms with Crippen LogP contribution in [0.5, 0.6) is 11.5 Å². The number of rotatable bonds is 8. The summed E-state index contributed by atoms with van der Waals surface area (Å²) in [6, 6.07) is 12.9. The zero-order valence-corrected chi connectivity index (χ0v) is 14.7. The normalized spacial score (nSPS) is 10.4. The number of methoxy groups -OCH3 is 1. The first-order valence-corrected chi connectivity index (χ1v) is 8.35. The first kappa shape index (κ1) is 18.4. The molecule has 2 N–H and O–H groups in total. The zero-order valence-electron chi connectivity index (χ0n) is 14.7. The molecule has 140 valence electrons. The van der Waals surface area contributed by atoms with Crippen molar-refractivity contribution in [2.45, 2.75) is 6.42 Å². The maximum Gasteiger partial charge on any atom is 0.257 e. The Kier molecular flexibility index (Phi) is 5.98. The number of amides is 1. The number of H-pyrrole nitrogens is 1. The molecule has 8 heteroatoms. The lowest BCUT2D eigenvalue weighted by atomic mass is 10.2. The number of nitrogens with zero attached hydrogens (tertiary/aromatic N) is 2. The number of carbonyl (C=O) groups is 1. The van der Waals surface area contributed by atoms with E-state index in [-0.39, 0.29) is 18.3 Å². The van der Waals surface area contributed by atoms with Gasteiger partial charge in [-0.15, -0.1) is 0 Å². The summed E-state index contributed by atoms with van der Waals surface area (Å²) in [4.78, 5) is 16.2. The molecule has 0 saturated carbocycles. The third-order valence-electron chi connectivity index (χ3n) is 3.75. The molecule has 0 bridgehead atoms. The smallest absolute Gasteiger partial charge is 0.257 e. The summed E-state index contributed by atoms with van der Waals surface area (Å²) in [5.74, 6) is 1.83. The van der Waals surface area contributed by atoms with E-state index in [1.807, 2.05) is 24.3 Å². The molecular formula is C19H19FN4O3. The first-order chi connectivity index (χ1) is 13.1. The van der Waals surface area contributed by atoms with Crippen molar-refractivity contribution in [1.29, 1.82) is 0 Å². The minimum absolute atomic E-state index is 0.140. The van der Waals surface area contributed by atoms with Crippen molar-refractivity contribution in [3.63, 3.8) is 0 Å². The summed E-state index contributed by atoms with van der Waals surface area (Å²) >= 11 is 0. The largest absolute Gasteiger partial charge is 0.497 e. The fourth-order valence-corrected chi connectivity index (χ4v) is 2.33. The molecule has 3 aromatic rings. The highest BCUT2D eigenvalue weighted by molar-refractivity contribution is 5.77. The highest BCUT2D eigenvalue weighted by atomic mass is 19.1. The molecule has 0 saturated heterocycles. The predicted molar refractivity (Wildman–Crippen MR) is 97.0 cm³/mol. The van der Waals surface area contributed by atoms with Gasteiger partial charge < -0.3 is 14.8 Å². The highest BCUT2D eigenvalue weighted by Gasteiger charge is 2.07. The number of benzene rings is 2. The lowest BCUT2D eigenvalue weighted by Gasteiger charge is -2.06. The van der Waals surface area contributed by atoms with Gasteiger partial charge in [0.25, 0.3) is 5.91 Å². The molecule has 3 rings (SSSR count). The molecule has 1 amide bonds. The molecule has 0 aliphatic rings. The predicted octanol–water partition coefficient (Wildman–Crippen LogP) is 2.36. The first-order valence-electron chi connectivity index (χ1n) is 8.35. The lowest BCUT2D eigenvalue weighted by Crippen LogP contribution is -2.30. The number of aromatic amines is 1.